The predicted molar refractivity (Wildman–Crippen MR) is 109 cm³/mol. The van der Waals surface area contributed by atoms with Crippen LogP contribution in [0, 0.1) is 10.1 Å². The summed E-state index contributed by atoms with van der Waals surface area (Å²) in [7, 11) is 0. The first kappa shape index (κ1) is 24.1. The summed E-state index contributed by atoms with van der Waals surface area (Å²) >= 11 is 0. The minimum absolute atomic E-state index is 0.0774. The molecule has 1 aromatic rings. The fraction of sp³-hybridized carbons (Fsp3) is 0.571. The van der Waals surface area contributed by atoms with Crippen LogP contribution in [0.25, 0.3) is 0 Å². The summed E-state index contributed by atoms with van der Waals surface area (Å²) in [5.41, 5.74) is -0.309. The van der Waals surface area contributed by atoms with E-state index in [1.807, 2.05) is 0 Å². The molecule has 0 spiro atoms. The number of ether oxygens (including phenoxy) is 3. The molecule has 10 heteroatoms. The quantitative estimate of drug-likeness (QED) is 0.284. The molecule has 0 aliphatic heterocycles. The summed E-state index contributed by atoms with van der Waals surface area (Å²) in [6.07, 6.45) is 1.90. The lowest BCUT2D eigenvalue weighted by Crippen LogP contribution is -2.46. The molecule has 0 unspecified atom stereocenters. The largest absolute Gasteiger partial charge is 0.461 e. The Hall–Kier alpha value is -3.17. The van der Waals surface area contributed by atoms with E-state index in [-0.39, 0.29) is 18.4 Å². The molecule has 1 aliphatic carbocycles. The van der Waals surface area contributed by atoms with Gasteiger partial charge in [-0.25, -0.2) is 9.59 Å². The summed E-state index contributed by atoms with van der Waals surface area (Å²) in [5.74, 6) is -1.45. The second-order valence-electron chi connectivity index (χ2n) is 8.33. The third kappa shape index (κ3) is 8.61. The van der Waals surface area contributed by atoms with Crippen LogP contribution in [-0.4, -0.2) is 40.7 Å². The molecular formula is C21H28N2O8. The summed E-state index contributed by atoms with van der Waals surface area (Å²) < 4.78 is 15.7. The van der Waals surface area contributed by atoms with E-state index in [4.69, 9.17) is 14.2 Å². The van der Waals surface area contributed by atoms with Gasteiger partial charge in [0.25, 0.3) is 5.69 Å². The maximum absolute atomic E-state index is 12.5. The van der Waals surface area contributed by atoms with Gasteiger partial charge in [-0.1, -0.05) is 0 Å². The molecule has 0 aromatic heterocycles. The van der Waals surface area contributed by atoms with Gasteiger partial charge in [0.15, 0.2) is 0 Å². The lowest BCUT2D eigenvalue weighted by molar-refractivity contribution is -0.384. The highest BCUT2D eigenvalue weighted by Gasteiger charge is 2.31. The van der Waals surface area contributed by atoms with Crippen LogP contribution in [-0.2, 0) is 30.4 Å². The minimum Gasteiger partial charge on any atom is -0.461 e. The average molecular weight is 436 g/mol. The van der Waals surface area contributed by atoms with Gasteiger partial charge in [-0.2, -0.15) is 0 Å². The SMILES string of the molecule is CC(C)(C)OC(=O)N[C@@H](CC(=O)OCc1ccc([N+](=O)[O-])cc1)C(=O)OC1CCCC1. The van der Waals surface area contributed by atoms with E-state index in [0.29, 0.717) is 5.56 Å². The molecule has 0 radical (unpaired) electrons. The number of nitro groups is 1. The molecule has 0 heterocycles. The van der Waals surface area contributed by atoms with Crippen molar-refractivity contribution in [2.75, 3.05) is 0 Å². The van der Waals surface area contributed by atoms with Crippen LogP contribution in [0.4, 0.5) is 10.5 Å². The Balaban J connectivity index is 1.95. The first-order valence-corrected chi connectivity index (χ1v) is 10.1. The normalized spacial score (nSPS) is 15.1. The van der Waals surface area contributed by atoms with Gasteiger partial charge in [-0.3, -0.25) is 14.9 Å². The average Bonchev–Trinajstić information content (AvgIpc) is 3.17. The maximum atomic E-state index is 12.5. The highest BCUT2D eigenvalue weighted by molar-refractivity contribution is 5.86. The monoisotopic (exact) mass is 436 g/mol. The fourth-order valence-corrected chi connectivity index (χ4v) is 3.00. The highest BCUT2D eigenvalue weighted by atomic mass is 16.6. The van der Waals surface area contributed by atoms with Crippen molar-refractivity contribution >= 4 is 23.7 Å². The second-order valence-corrected chi connectivity index (χ2v) is 8.33. The van der Waals surface area contributed by atoms with Crippen molar-refractivity contribution in [3.63, 3.8) is 0 Å². The number of rotatable bonds is 8. The van der Waals surface area contributed by atoms with E-state index < -0.39 is 41.0 Å². The Bertz CT molecular complexity index is 795. The first-order chi connectivity index (χ1) is 14.5. The van der Waals surface area contributed by atoms with Crippen LogP contribution in [0.1, 0.15) is 58.4 Å². The van der Waals surface area contributed by atoms with Crippen LogP contribution in [0.15, 0.2) is 24.3 Å². The molecule has 2 rings (SSSR count). The number of carbonyl (C=O) groups is 3. The van der Waals surface area contributed by atoms with E-state index in [2.05, 4.69) is 5.32 Å². The van der Waals surface area contributed by atoms with Crippen molar-refractivity contribution in [1.29, 1.82) is 0 Å². The number of nitrogens with zero attached hydrogens (tertiary/aromatic N) is 1. The van der Waals surface area contributed by atoms with Crippen molar-refractivity contribution in [1.82, 2.24) is 5.32 Å². The summed E-state index contributed by atoms with van der Waals surface area (Å²) in [6, 6.07) is 4.29. The molecule has 1 fully saturated rings. The number of benzene rings is 1. The summed E-state index contributed by atoms with van der Waals surface area (Å²) in [6.45, 7) is 4.90. The number of amides is 1. The van der Waals surface area contributed by atoms with Crippen molar-refractivity contribution < 1.29 is 33.5 Å². The Morgan fingerprint density at radius 1 is 1.16 bits per heavy atom. The molecule has 1 atom stereocenters. The third-order valence-corrected chi connectivity index (χ3v) is 4.48. The highest BCUT2D eigenvalue weighted by Crippen LogP contribution is 2.22. The van der Waals surface area contributed by atoms with Gasteiger partial charge in [0.2, 0.25) is 0 Å². The fourth-order valence-electron chi connectivity index (χ4n) is 3.00. The number of carbonyl (C=O) groups excluding carboxylic acids is 3. The molecule has 1 amide bonds. The number of nitrogens with one attached hydrogen (secondary N) is 1. The number of non-ortho nitro benzene ring substituents is 1. The molecule has 0 bridgehead atoms. The molecule has 1 N–H and O–H groups in total. The zero-order chi connectivity index (χ0) is 23.0. The first-order valence-electron chi connectivity index (χ1n) is 10.1. The van der Waals surface area contributed by atoms with E-state index in [0.717, 1.165) is 25.7 Å². The molecular weight excluding hydrogens is 408 g/mol. The Morgan fingerprint density at radius 3 is 2.32 bits per heavy atom. The third-order valence-electron chi connectivity index (χ3n) is 4.48. The number of esters is 2. The molecule has 0 saturated heterocycles. The molecule has 1 aromatic carbocycles. The van der Waals surface area contributed by atoms with Crippen LogP contribution >= 0.6 is 0 Å². The number of alkyl carbamates (subject to hydrolysis) is 1. The standard InChI is InChI=1S/C21H28N2O8/c1-21(2,3)31-20(26)22-17(19(25)30-16-6-4-5-7-16)12-18(24)29-13-14-8-10-15(11-9-14)23(27)28/h8-11,16-17H,4-7,12-13H2,1-3H3,(H,22,26)/t17-/m0/s1. The van der Waals surface area contributed by atoms with E-state index >= 15 is 0 Å². The van der Waals surface area contributed by atoms with Crippen LogP contribution in [0.2, 0.25) is 0 Å². The Labute approximate surface area is 180 Å². The smallest absolute Gasteiger partial charge is 0.408 e. The minimum atomic E-state index is -1.25. The molecule has 31 heavy (non-hydrogen) atoms. The molecule has 10 nitrogen and oxygen atoms in total. The number of hydrogen-bond acceptors (Lipinski definition) is 8. The van der Waals surface area contributed by atoms with Gasteiger partial charge in [-0.05, 0) is 64.2 Å². The lowest BCUT2D eigenvalue weighted by atomic mass is 10.2. The van der Waals surface area contributed by atoms with E-state index in [1.165, 1.54) is 24.3 Å². The summed E-state index contributed by atoms with van der Waals surface area (Å²) in [5, 5.41) is 13.1. The van der Waals surface area contributed by atoms with Crippen molar-refractivity contribution in [2.24, 2.45) is 0 Å². The number of hydrogen-bond donors (Lipinski definition) is 1. The lowest BCUT2D eigenvalue weighted by Gasteiger charge is -2.23. The van der Waals surface area contributed by atoms with Crippen molar-refractivity contribution in [3.05, 3.63) is 39.9 Å². The Morgan fingerprint density at radius 2 is 1.77 bits per heavy atom. The molecule has 1 saturated carbocycles. The van der Waals surface area contributed by atoms with Gasteiger partial charge in [0.05, 0.1) is 11.3 Å². The van der Waals surface area contributed by atoms with Crippen LogP contribution in [0.3, 0.4) is 0 Å². The maximum Gasteiger partial charge on any atom is 0.408 e. The van der Waals surface area contributed by atoms with E-state index in [1.54, 1.807) is 20.8 Å². The van der Waals surface area contributed by atoms with Gasteiger partial charge >= 0.3 is 18.0 Å². The number of nitro benzene ring substituents is 1. The van der Waals surface area contributed by atoms with Gasteiger partial charge in [-0.15, -0.1) is 0 Å². The molecule has 170 valence electrons. The Kier molecular flexibility index (Phi) is 8.35. The van der Waals surface area contributed by atoms with Crippen molar-refractivity contribution in [2.45, 2.75) is 77.2 Å². The van der Waals surface area contributed by atoms with Gasteiger partial charge in [0.1, 0.15) is 24.4 Å². The van der Waals surface area contributed by atoms with Crippen LogP contribution < -0.4 is 5.32 Å². The second kappa shape index (κ2) is 10.7. The van der Waals surface area contributed by atoms with Crippen molar-refractivity contribution in [3.8, 4) is 0 Å². The zero-order valence-corrected chi connectivity index (χ0v) is 17.9. The van der Waals surface area contributed by atoms with Gasteiger partial charge < -0.3 is 19.5 Å². The summed E-state index contributed by atoms with van der Waals surface area (Å²) in [4.78, 5) is 47.1. The zero-order valence-electron chi connectivity index (χ0n) is 17.9. The predicted octanol–water partition coefficient (Wildman–Crippen LogP) is 3.41. The van der Waals surface area contributed by atoms with Gasteiger partial charge in [0, 0.05) is 12.1 Å². The molecule has 1 aliphatic rings. The topological polar surface area (TPSA) is 134 Å². The van der Waals surface area contributed by atoms with Crippen LogP contribution in [0.5, 0.6) is 0 Å². The van der Waals surface area contributed by atoms with E-state index in [9.17, 15) is 24.5 Å².